The van der Waals surface area contributed by atoms with Crippen molar-refractivity contribution >= 4 is 28.8 Å². The highest BCUT2D eigenvalue weighted by molar-refractivity contribution is 6.46. The Bertz CT molecular complexity index is 1250. The summed E-state index contributed by atoms with van der Waals surface area (Å²) in [5.41, 5.74) is 0.589. The van der Waals surface area contributed by atoms with Gasteiger partial charge in [-0.05, 0) is 67.9 Å². The Balaban J connectivity index is 1.78. The summed E-state index contributed by atoms with van der Waals surface area (Å²) in [5.74, 6) is -3.45. The highest BCUT2D eigenvalue weighted by atomic mass is 19.2. The Labute approximate surface area is 188 Å². The number of imide groups is 1. The number of hydrogen-bond donors (Lipinski definition) is 1. The first kappa shape index (κ1) is 22.1. The third-order valence-electron chi connectivity index (χ3n) is 4.87. The average molecular weight is 452 g/mol. The van der Waals surface area contributed by atoms with Crippen molar-refractivity contribution in [1.29, 1.82) is 0 Å². The minimum atomic E-state index is -1.11. The standard InChI is InChI=1S/C25H19F3N2O3/c1-14(2)33-19-10-3-15(4-11-19)22-23(29-17-7-12-20(27)21(28)13-17)25(32)30(24(22)31)18-8-5-16(26)6-9-18/h3-14,29H,1-2H3. The molecule has 1 heterocycles. The van der Waals surface area contributed by atoms with Gasteiger partial charge in [0.1, 0.15) is 17.3 Å². The lowest BCUT2D eigenvalue weighted by Crippen LogP contribution is -2.32. The highest BCUT2D eigenvalue weighted by Gasteiger charge is 2.40. The Morgan fingerprint density at radius 1 is 0.818 bits per heavy atom. The molecular formula is C25H19F3N2O3. The summed E-state index contributed by atoms with van der Waals surface area (Å²) in [6.07, 6.45) is -0.0516. The molecule has 1 aliphatic rings. The van der Waals surface area contributed by atoms with Gasteiger partial charge in [0.25, 0.3) is 11.8 Å². The molecule has 0 aromatic heterocycles. The summed E-state index contributed by atoms with van der Waals surface area (Å²) in [5, 5.41) is 2.75. The zero-order valence-electron chi connectivity index (χ0n) is 17.7. The number of hydrogen-bond acceptors (Lipinski definition) is 4. The van der Waals surface area contributed by atoms with Crippen LogP contribution in [-0.4, -0.2) is 17.9 Å². The van der Waals surface area contributed by atoms with Crippen LogP contribution in [0.25, 0.3) is 5.57 Å². The topological polar surface area (TPSA) is 58.6 Å². The van der Waals surface area contributed by atoms with Crippen molar-refractivity contribution in [3.05, 3.63) is 95.4 Å². The molecule has 0 bridgehead atoms. The van der Waals surface area contributed by atoms with Crippen LogP contribution in [0.1, 0.15) is 19.4 Å². The molecule has 2 amide bonds. The molecule has 0 saturated heterocycles. The van der Waals surface area contributed by atoms with Crippen LogP contribution < -0.4 is 15.0 Å². The van der Waals surface area contributed by atoms with E-state index in [4.69, 9.17) is 4.74 Å². The molecule has 0 fully saturated rings. The van der Waals surface area contributed by atoms with E-state index in [2.05, 4.69) is 5.32 Å². The van der Waals surface area contributed by atoms with Crippen molar-refractivity contribution in [3.63, 3.8) is 0 Å². The highest BCUT2D eigenvalue weighted by Crippen LogP contribution is 2.34. The van der Waals surface area contributed by atoms with Crippen molar-refractivity contribution in [3.8, 4) is 5.75 Å². The summed E-state index contributed by atoms with van der Waals surface area (Å²) in [4.78, 5) is 27.5. The van der Waals surface area contributed by atoms with E-state index in [-0.39, 0.29) is 28.7 Å². The Morgan fingerprint density at radius 2 is 1.48 bits per heavy atom. The monoisotopic (exact) mass is 452 g/mol. The lowest BCUT2D eigenvalue weighted by atomic mass is 10.0. The van der Waals surface area contributed by atoms with Crippen LogP contribution in [0.2, 0.25) is 0 Å². The molecule has 3 aromatic carbocycles. The van der Waals surface area contributed by atoms with Gasteiger partial charge in [-0.1, -0.05) is 12.1 Å². The Kier molecular flexibility index (Phi) is 5.91. The normalized spacial score (nSPS) is 13.8. The van der Waals surface area contributed by atoms with Gasteiger partial charge >= 0.3 is 0 Å². The lowest BCUT2D eigenvalue weighted by molar-refractivity contribution is -0.120. The van der Waals surface area contributed by atoms with E-state index in [1.165, 1.54) is 18.2 Å². The van der Waals surface area contributed by atoms with Crippen LogP contribution in [0, 0.1) is 17.5 Å². The van der Waals surface area contributed by atoms with Crippen molar-refractivity contribution in [2.75, 3.05) is 10.2 Å². The third-order valence-corrected chi connectivity index (χ3v) is 4.87. The second-order valence-corrected chi connectivity index (χ2v) is 7.62. The zero-order chi connectivity index (χ0) is 23.7. The molecule has 168 valence electrons. The quantitative estimate of drug-likeness (QED) is 0.517. The van der Waals surface area contributed by atoms with Crippen LogP contribution in [0.4, 0.5) is 24.5 Å². The Hall–Kier alpha value is -4.07. The number of nitrogens with zero attached hydrogens (tertiary/aromatic N) is 1. The minimum Gasteiger partial charge on any atom is -0.491 e. The molecular weight excluding hydrogens is 433 g/mol. The molecule has 8 heteroatoms. The number of amides is 2. The molecule has 0 aliphatic carbocycles. The van der Waals surface area contributed by atoms with Crippen LogP contribution >= 0.6 is 0 Å². The van der Waals surface area contributed by atoms with Gasteiger partial charge in [-0.25, -0.2) is 18.1 Å². The maximum Gasteiger partial charge on any atom is 0.282 e. The molecule has 0 radical (unpaired) electrons. The van der Waals surface area contributed by atoms with Gasteiger partial charge in [-0.15, -0.1) is 0 Å². The van der Waals surface area contributed by atoms with E-state index in [1.54, 1.807) is 24.3 Å². The number of benzene rings is 3. The van der Waals surface area contributed by atoms with Gasteiger partial charge in [-0.2, -0.15) is 0 Å². The summed E-state index contributed by atoms with van der Waals surface area (Å²) in [7, 11) is 0. The fourth-order valence-electron chi connectivity index (χ4n) is 3.43. The SMILES string of the molecule is CC(C)Oc1ccc(C2=C(Nc3ccc(F)c(F)c3)C(=O)N(c3ccc(F)cc3)C2=O)cc1. The molecule has 1 N–H and O–H groups in total. The van der Waals surface area contributed by atoms with E-state index >= 15 is 0 Å². The molecule has 0 spiro atoms. The third kappa shape index (κ3) is 4.45. The van der Waals surface area contributed by atoms with E-state index in [0.717, 1.165) is 29.2 Å². The first-order chi connectivity index (χ1) is 15.7. The molecule has 1 aliphatic heterocycles. The second-order valence-electron chi connectivity index (χ2n) is 7.62. The van der Waals surface area contributed by atoms with Crippen molar-refractivity contribution in [2.45, 2.75) is 20.0 Å². The average Bonchev–Trinajstić information content (AvgIpc) is 3.01. The second kappa shape index (κ2) is 8.82. The van der Waals surface area contributed by atoms with E-state index < -0.39 is 29.3 Å². The lowest BCUT2D eigenvalue weighted by Gasteiger charge is -2.15. The van der Waals surface area contributed by atoms with Crippen LogP contribution in [0.5, 0.6) is 5.75 Å². The van der Waals surface area contributed by atoms with Gasteiger partial charge in [-0.3, -0.25) is 9.59 Å². The van der Waals surface area contributed by atoms with Gasteiger partial charge < -0.3 is 10.1 Å². The van der Waals surface area contributed by atoms with Gasteiger partial charge in [0.05, 0.1) is 17.4 Å². The van der Waals surface area contributed by atoms with Crippen molar-refractivity contribution < 1.29 is 27.5 Å². The van der Waals surface area contributed by atoms with Crippen LogP contribution in [0.15, 0.2) is 72.4 Å². The minimum absolute atomic E-state index is 0.0326. The molecule has 0 unspecified atom stereocenters. The van der Waals surface area contributed by atoms with E-state index in [9.17, 15) is 22.8 Å². The molecule has 3 aromatic rings. The number of anilines is 2. The maximum absolute atomic E-state index is 13.7. The molecule has 0 atom stereocenters. The summed E-state index contributed by atoms with van der Waals surface area (Å²) < 4.78 is 46.1. The van der Waals surface area contributed by atoms with Crippen LogP contribution in [0.3, 0.4) is 0 Å². The molecule has 4 rings (SSSR count). The molecule has 0 saturated carbocycles. The van der Waals surface area contributed by atoms with Crippen LogP contribution in [-0.2, 0) is 9.59 Å². The fourth-order valence-corrected chi connectivity index (χ4v) is 3.43. The first-order valence-corrected chi connectivity index (χ1v) is 10.1. The largest absolute Gasteiger partial charge is 0.491 e. The van der Waals surface area contributed by atoms with E-state index in [0.29, 0.717) is 11.3 Å². The number of ether oxygens (including phenoxy) is 1. The maximum atomic E-state index is 13.7. The van der Waals surface area contributed by atoms with Gasteiger partial charge in [0.15, 0.2) is 11.6 Å². The zero-order valence-corrected chi connectivity index (χ0v) is 17.7. The molecule has 5 nitrogen and oxygen atoms in total. The summed E-state index contributed by atoms with van der Waals surface area (Å²) >= 11 is 0. The number of carbonyl (C=O) groups excluding carboxylic acids is 2. The summed E-state index contributed by atoms with van der Waals surface area (Å²) in [6, 6.07) is 14.5. The Morgan fingerprint density at radius 3 is 2.09 bits per heavy atom. The van der Waals surface area contributed by atoms with Gasteiger partial charge in [0.2, 0.25) is 0 Å². The van der Waals surface area contributed by atoms with Gasteiger partial charge in [0, 0.05) is 11.8 Å². The number of nitrogens with one attached hydrogen (secondary N) is 1. The van der Waals surface area contributed by atoms with Crippen molar-refractivity contribution in [2.24, 2.45) is 0 Å². The predicted molar refractivity (Wildman–Crippen MR) is 118 cm³/mol. The first-order valence-electron chi connectivity index (χ1n) is 10.1. The predicted octanol–water partition coefficient (Wildman–Crippen LogP) is 5.29. The number of halogens is 3. The molecule has 33 heavy (non-hydrogen) atoms. The summed E-state index contributed by atoms with van der Waals surface area (Å²) in [6.45, 7) is 3.75. The van der Waals surface area contributed by atoms with Crippen molar-refractivity contribution in [1.82, 2.24) is 0 Å². The number of rotatable bonds is 6. The smallest absolute Gasteiger partial charge is 0.282 e. The van der Waals surface area contributed by atoms with E-state index in [1.807, 2.05) is 13.8 Å². The number of carbonyl (C=O) groups is 2. The fraction of sp³-hybridized carbons (Fsp3) is 0.120.